The summed E-state index contributed by atoms with van der Waals surface area (Å²) in [6, 6.07) is 10.1. The summed E-state index contributed by atoms with van der Waals surface area (Å²) in [6.07, 6.45) is 0.644. The molecule has 176 valence electrons. The molecule has 1 saturated heterocycles. The van der Waals surface area contributed by atoms with E-state index in [1.54, 1.807) is 24.3 Å². The Balaban J connectivity index is 2.08. The van der Waals surface area contributed by atoms with Crippen molar-refractivity contribution in [1.82, 2.24) is 9.80 Å². The molecule has 0 aliphatic carbocycles. The third kappa shape index (κ3) is 5.17. The van der Waals surface area contributed by atoms with Crippen molar-refractivity contribution in [2.45, 2.75) is 19.4 Å². The summed E-state index contributed by atoms with van der Waals surface area (Å²) >= 11 is 0. The first-order valence-electron chi connectivity index (χ1n) is 10.8. The van der Waals surface area contributed by atoms with Crippen molar-refractivity contribution in [2.24, 2.45) is 0 Å². The molecular weight excluding hydrogens is 427 g/mol. The zero-order chi connectivity index (χ0) is 24.1. The lowest BCUT2D eigenvalue weighted by Crippen LogP contribution is -2.32. The summed E-state index contributed by atoms with van der Waals surface area (Å²) in [5.74, 6) is -1.93. The minimum absolute atomic E-state index is 0.0127. The number of likely N-dealkylation sites (tertiary alicyclic amines) is 1. The normalized spacial score (nSPS) is 17.6. The van der Waals surface area contributed by atoms with Crippen LogP contribution in [0.4, 0.5) is 4.39 Å². The van der Waals surface area contributed by atoms with Crippen LogP contribution in [-0.2, 0) is 9.59 Å². The molecule has 2 aromatic rings. The second-order valence-corrected chi connectivity index (χ2v) is 8.00. The monoisotopic (exact) mass is 456 g/mol. The van der Waals surface area contributed by atoms with Gasteiger partial charge in [-0.25, -0.2) is 4.39 Å². The van der Waals surface area contributed by atoms with E-state index in [0.717, 1.165) is 12.6 Å². The highest BCUT2D eigenvalue weighted by atomic mass is 19.1. The van der Waals surface area contributed by atoms with Gasteiger partial charge in [0.05, 0.1) is 25.3 Å². The molecular formula is C25H29FN2O5. The van der Waals surface area contributed by atoms with Crippen molar-refractivity contribution in [2.75, 3.05) is 40.9 Å². The highest BCUT2D eigenvalue weighted by molar-refractivity contribution is 6.46. The number of benzene rings is 2. The van der Waals surface area contributed by atoms with E-state index in [1.165, 1.54) is 24.1 Å². The third-order valence-electron chi connectivity index (χ3n) is 5.48. The Labute approximate surface area is 193 Å². The number of hydrogen-bond donors (Lipinski definition) is 1. The number of ether oxygens (including phenoxy) is 2. The summed E-state index contributed by atoms with van der Waals surface area (Å²) in [7, 11) is 5.19. The average Bonchev–Trinajstić information content (AvgIpc) is 3.04. The van der Waals surface area contributed by atoms with Gasteiger partial charge in [-0.05, 0) is 69.9 Å². The number of methoxy groups -OCH3 is 1. The Bertz CT molecular complexity index is 1050. The van der Waals surface area contributed by atoms with Gasteiger partial charge in [-0.3, -0.25) is 9.59 Å². The first kappa shape index (κ1) is 24.3. The largest absolute Gasteiger partial charge is 0.507 e. The predicted octanol–water partition coefficient (Wildman–Crippen LogP) is 3.61. The van der Waals surface area contributed by atoms with Crippen molar-refractivity contribution < 1.29 is 28.6 Å². The van der Waals surface area contributed by atoms with E-state index in [0.29, 0.717) is 30.9 Å². The number of carbonyl (C=O) groups is 2. The van der Waals surface area contributed by atoms with Gasteiger partial charge in [0.15, 0.2) is 11.6 Å². The van der Waals surface area contributed by atoms with Gasteiger partial charge in [0, 0.05) is 12.1 Å². The van der Waals surface area contributed by atoms with Crippen LogP contribution in [0.5, 0.6) is 11.5 Å². The van der Waals surface area contributed by atoms with E-state index in [4.69, 9.17) is 9.47 Å². The molecule has 1 aliphatic rings. The lowest BCUT2D eigenvalue weighted by Gasteiger charge is -2.26. The maximum absolute atomic E-state index is 14.3. The second-order valence-electron chi connectivity index (χ2n) is 8.00. The number of ketones is 1. The van der Waals surface area contributed by atoms with Gasteiger partial charge >= 0.3 is 0 Å². The summed E-state index contributed by atoms with van der Waals surface area (Å²) in [6.45, 7) is 3.43. The molecule has 1 N–H and O–H groups in total. The van der Waals surface area contributed by atoms with E-state index in [2.05, 4.69) is 0 Å². The number of Topliss-reactive ketones (excluding diaryl/α,β-unsaturated/α-hetero) is 1. The van der Waals surface area contributed by atoms with Crippen LogP contribution < -0.4 is 9.47 Å². The number of hydrogen-bond acceptors (Lipinski definition) is 6. The predicted molar refractivity (Wildman–Crippen MR) is 123 cm³/mol. The Kier molecular flexibility index (Phi) is 7.71. The van der Waals surface area contributed by atoms with Crippen LogP contribution in [0, 0.1) is 5.82 Å². The molecule has 2 aromatic carbocycles. The van der Waals surface area contributed by atoms with Gasteiger partial charge in [-0.1, -0.05) is 12.1 Å². The molecule has 1 amide bonds. The Hall–Kier alpha value is -3.39. The molecule has 33 heavy (non-hydrogen) atoms. The Morgan fingerprint density at radius 1 is 1.15 bits per heavy atom. The molecule has 8 heteroatoms. The molecule has 0 radical (unpaired) electrons. The Morgan fingerprint density at radius 2 is 1.85 bits per heavy atom. The van der Waals surface area contributed by atoms with Gasteiger partial charge in [-0.15, -0.1) is 0 Å². The zero-order valence-corrected chi connectivity index (χ0v) is 19.3. The number of aliphatic hydroxyl groups is 1. The second kappa shape index (κ2) is 10.5. The van der Waals surface area contributed by atoms with Crippen LogP contribution in [0.2, 0.25) is 0 Å². The summed E-state index contributed by atoms with van der Waals surface area (Å²) < 4.78 is 24.7. The maximum atomic E-state index is 14.3. The van der Waals surface area contributed by atoms with E-state index in [1.807, 2.05) is 25.9 Å². The minimum atomic E-state index is -0.799. The number of aliphatic hydroxyl groups excluding tert-OH is 1. The molecule has 0 bridgehead atoms. The van der Waals surface area contributed by atoms with Crippen LogP contribution in [-0.4, -0.2) is 67.5 Å². The fourth-order valence-corrected chi connectivity index (χ4v) is 3.90. The standard InChI is InChI=1S/C25H29FN2O5/c1-5-33-18-10-7-16(8-11-18)22-21(23(29)17-9-12-20(32-4)19(26)15-17)24(30)25(31)28(22)14-6-13-27(2)3/h7-12,15,22,29H,5-6,13-14H2,1-4H3/t22-/m0/s1. The van der Waals surface area contributed by atoms with Crippen LogP contribution in [0.15, 0.2) is 48.0 Å². The number of amides is 1. The molecule has 1 atom stereocenters. The van der Waals surface area contributed by atoms with Crippen LogP contribution in [0.25, 0.3) is 5.76 Å². The summed E-state index contributed by atoms with van der Waals surface area (Å²) in [5, 5.41) is 11.0. The van der Waals surface area contributed by atoms with Gasteiger partial charge in [-0.2, -0.15) is 0 Å². The fraction of sp³-hybridized carbons (Fsp3) is 0.360. The summed E-state index contributed by atoms with van der Waals surface area (Å²) in [5.41, 5.74) is 0.673. The van der Waals surface area contributed by atoms with Crippen molar-refractivity contribution in [3.63, 3.8) is 0 Å². The van der Waals surface area contributed by atoms with Crippen molar-refractivity contribution >= 4 is 17.4 Å². The minimum Gasteiger partial charge on any atom is -0.507 e. The van der Waals surface area contributed by atoms with Crippen LogP contribution in [0.3, 0.4) is 0 Å². The number of halogens is 1. The highest BCUT2D eigenvalue weighted by Gasteiger charge is 2.45. The van der Waals surface area contributed by atoms with E-state index < -0.39 is 29.3 Å². The molecule has 1 fully saturated rings. The molecule has 3 rings (SSSR count). The topological polar surface area (TPSA) is 79.3 Å². The third-order valence-corrected chi connectivity index (χ3v) is 5.48. The first-order chi connectivity index (χ1) is 15.8. The number of carbonyl (C=O) groups excluding carboxylic acids is 2. The number of rotatable bonds is 9. The lowest BCUT2D eigenvalue weighted by molar-refractivity contribution is -0.139. The molecule has 0 unspecified atom stereocenters. The van der Waals surface area contributed by atoms with Gasteiger partial charge in [0.25, 0.3) is 11.7 Å². The quantitative estimate of drug-likeness (QED) is 0.353. The van der Waals surface area contributed by atoms with Crippen LogP contribution in [0.1, 0.15) is 30.5 Å². The smallest absolute Gasteiger partial charge is 0.295 e. The Morgan fingerprint density at radius 3 is 2.42 bits per heavy atom. The molecule has 1 heterocycles. The molecule has 7 nitrogen and oxygen atoms in total. The lowest BCUT2D eigenvalue weighted by atomic mass is 9.95. The average molecular weight is 457 g/mol. The van der Waals surface area contributed by atoms with E-state index >= 15 is 0 Å². The van der Waals surface area contributed by atoms with Crippen molar-refractivity contribution in [1.29, 1.82) is 0 Å². The molecule has 0 spiro atoms. The zero-order valence-electron chi connectivity index (χ0n) is 19.3. The highest BCUT2D eigenvalue weighted by Crippen LogP contribution is 2.40. The summed E-state index contributed by atoms with van der Waals surface area (Å²) in [4.78, 5) is 29.4. The maximum Gasteiger partial charge on any atom is 0.295 e. The van der Waals surface area contributed by atoms with Gasteiger partial charge in [0.2, 0.25) is 0 Å². The molecule has 0 saturated carbocycles. The SMILES string of the molecule is CCOc1ccc([C@H]2C(=C(O)c3ccc(OC)c(F)c3)C(=O)C(=O)N2CCCN(C)C)cc1. The number of nitrogens with zero attached hydrogens (tertiary/aromatic N) is 2. The molecule has 1 aliphatic heterocycles. The van der Waals surface area contributed by atoms with E-state index in [-0.39, 0.29) is 16.9 Å². The first-order valence-corrected chi connectivity index (χ1v) is 10.8. The van der Waals surface area contributed by atoms with Crippen LogP contribution >= 0.6 is 0 Å². The molecule has 0 aromatic heterocycles. The van der Waals surface area contributed by atoms with E-state index in [9.17, 15) is 19.1 Å². The van der Waals surface area contributed by atoms with Crippen molar-refractivity contribution in [3.8, 4) is 11.5 Å². The fourth-order valence-electron chi connectivity index (χ4n) is 3.90. The van der Waals surface area contributed by atoms with Gasteiger partial charge in [0.1, 0.15) is 11.5 Å². The van der Waals surface area contributed by atoms with Crippen molar-refractivity contribution in [3.05, 3.63) is 65.0 Å². The van der Waals surface area contributed by atoms with Gasteiger partial charge < -0.3 is 24.4 Å².